The summed E-state index contributed by atoms with van der Waals surface area (Å²) in [6.07, 6.45) is 1.78. The lowest BCUT2D eigenvalue weighted by atomic mass is 10.2. The first kappa shape index (κ1) is 14.3. The smallest absolute Gasteiger partial charge is 0.296 e. The summed E-state index contributed by atoms with van der Waals surface area (Å²) in [5, 5.41) is 7.59. The molecule has 0 aliphatic heterocycles. The van der Waals surface area contributed by atoms with Crippen molar-refractivity contribution in [1.29, 1.82) is 0 Å². The van der Waals surface area contributed by atoms with E-state index in [1.807, 2.05) is 31.2 Å². The molecule has 1 aliphatic carbocycles. The van der Waals surface area contributed by atoms with Gasteiger partial charge in [-0.3, -0.25) is 4.57 Å². The zero-order chi connectivity index (χ0) is 15.0. The van der Waals surface area contributed by atoms with Crippen molar-refractivity contribution in [2.75, 3.05) is 6.61 Å². The Morgan fingerprint density at radius 3 is 2.67 bits per heavy atom. The fourth-order valence-corrected chi connectivity index (χ4v) is 3.15. The molecule has 1 aliphatic rings. The Balaban J connectivity index is 2.18. The summed E-state index contributed by atoms with van der Waals surface area (Å²) in [5.41, 5.74) is 0.713. The fourth-order valence-electron chi connectivity index (χ4n) is 2.22. The Bertz CT molecular complexity index is 769. The molecule has 21 heavy (non-hydrogen) atoms. The van der Waals surface area contributed by atoms with Crippen molar-refractivity contribution in [3.63, 3.8) is 0 Å². The third kappa shape index (κ3) is 2.75. The normalized spacial score (nSPS) is 15.1. The van der Waals surface area contributed by atoms with Crippen LogP contribution in [0.25, 0.3) is 11.4 Å². The van der Waals surface area contributed by atoms with Gasteiger partial charge >= 0.3 is 0 Å². The molecule has 0 N–H and O–H groups in total. The molecular weight excluding hydrogens is 314 g/mol. The second-order valence-electron chi connectivity index (χ2n) is 4.77. The van der Waals surface area contributed by atoms with Crippen LogP contribution in [0.4, 0.5) is 0 Å². The van der Waals surface area contributed by atoms with Crippen LogP contribution >= 0.6 is 10.7 Å². The van der Waals surface area contributed by atoms with Crippen LogP contribution in [0.5, 0.6) is 5.75 Å². The van der Waals surface area contributed by atoms with Crippen molar-refractivity contribution in [3.05, 3.63) is 24.3 Å². The molecule has 8 heteroatoms. The van der Waals surface area contributed by atoms with Gasteiger partial charge in [0.05, 0.1) is 12.2 Å². The van der Waals surface area contributed by atoms with Crippen LogP contribution in [0.15, 0.2) is 29.4 Å². The van der Waals surface area contributed by atoms with Gasteiger partial charge in [0.15, 0.2) is 5.82 Å². The minimum atomic E-state index is -3.93. The number of nitrogens with zero attached hydrogens (tertiary/aromatic N) is 3. The Morgan fingerprint density at radius 2 is 2.05 bits per heavy atom. The number of para-hydroxylation sites is 1. The lowest BCUT2D eigenvalue weighted by Crippen LogP contribution is -2.06. The molecule has 3 rings (SSSR count). The molecule has 0 atom stereocenters. The molecule has 2 aromatic rings. The van der Waals surface area contributed by atoms with E-state index in [2.05, 4.69) is 10.2 Å². The molecule has 1 saturated carbocycles. The second-order valence-corrected chi connectivity index (χ2v) is 7.23. The third-order valence-corrected chi connectivity index (χ3v) is 4.35. The van der Waals surface area contributed by atoms with E-state index in [-0.39, 0.29) is 11.2 Å². The maximum absolute atomic E-state index is 11.7. The molecule has 1 aromatic heterocycles. The lowest BCUT2D eigenvalue weighted by Gasteiger charge is -2.11. The van der Waals surface area contributed by atoms with Gasteiger partial charge in [-0.15, -0.1) is 10.2 Å². The first-order valence-corrected chi connectivity index (χ1v) is 8.95. The Labute approximate surface area is 127 Å². The zero-order valence-corrected chi connectivity index (χ0v) is 12.9. The van der Waals surface area contributed by atoms with E-state index in [1.165, 1.54) is 0 Å². The maximum Gasteiger partial charge on any atom is 0.296 e. The van der Waals surface area contributed by atoms with Gasteiger partial charge in [-0.2, -0.15) is 0 Å². The monoisotopic (exact) mass is 327 g/mol. The summed E-state index contributed by atoms with van der Waals surface area (Å²) in [6, 6.07) is 7.43. The molecule has 1 aromatic carbocycles. The molecule has 112 valence electrons. The molecule has 1 heterocycles. The number of ether oxygens (including phenoxy) is 1. The van der Waals surface area contributed by atoms with E-state index in [4.69, 9.17) is 15.4 Å². The Morgan fingerprint density at radius 1 is 1.33 bits per heavy atom. The Kier molecular flexibility index (Phi) is 3.62. The van der Waals surface area contributed by atoms with Gasteiger partial charge in [-0.1, -0.05) is 12.1 Å². The molecule has 0 amide bonds. The van der Waals surface area contributed by atoms with Crippen LogP contribution in [0, 0.1) is 0 Å². The zero-order valence-electron chi connectivity index (χ0n) is 11.4. The van der Waals surface area contributed by atoms with Crippen LogP contribution in [0.1, 0.15) is 25.8 Å². The second kappa shape index (κ2) is 5.31. The van der Waals surface area contributed by atoms with Crippen LogP contribution < -0.4 is 4.74 Å². The van der Waals surface area contributed by atoms with Crippen molar-refractivity contribution >= 4 is 19.7 Å². The van der Waals surface area contributed by atoms with Crippen LogP contribution in [0.2, 0.25) is 0 Å². The number of hydrogen-bond acceptors (Lipinski definition) is 5. The van der Waals surface area contributed by atoms with E-state index in [1.54, 1.807) is 4.57 Å². The predicted octanol–water partition coefficient (Wildman–Crippen LogP) is 2.61. The molecular formula is C13H14ClN3O3S. The van der Waals surface area contributed by atoms with Gasteiger partial charge in [0.25, 0.3) is 14.2 Å². The summed E-state index contributed by atoms with van der Waals surface area (Å²) < 4.78 is 30.5. The maximum atomic E-state index is 11.7. The van der Waals surface area contributed by atoms with E-state index < -0.39 is 9.05 Å². The van der Waals surface area contributed by atoms with Crippen molar-refractivity contribution in [2.24, 2.45) is 0 Å². The molecule has 0 saturated heterocycles. The molecule has 0 bridgehead atoms. The third-order valence-electron chi connectivity index (χ3n) is 3.22. The van der Waals surface area contributed by atoms with E-state index >= 15 is 0 Å². The summed E-state index contributed by atoms with van der Waals surface area (Å²) >= 11 is 0. The highest BCUT2D eigenvalue weighted by atomic mass is 35.7. The minimum absolute atomic E-state index is 0.0770. The van der Waals surface area contributed by atoms with Gasteiger partial charge in [0.1, 0.15) is 5.75 Å². The SMILES string of the molecule is CCOc1ccccc1-c1nnc(S(=O)(=O)Cl)n1C1CC1. The predicted molar refractivity (Wildman–Crippen MR) is 77.9 cm³/mol. The van der Waals surface area contributed by atoms with Crippen molar-refractivity contribution < 1.29 is 13.2 Å². The lowest BCUT2D eigenvalue weighted by molar-refractivity contribution is 0.341. The first-order chi connectivity index (χ1) is 10.0. The summed E-state index contributed by atoms with van der Waals surface area (Å²) in [7, 11) is 1.52. The number of rotatable bonds is 5. The average molecular weight is 328 g/mol. The van der Waals surface area contributed by atoms with Gasteiger partial charge < -0.3 is 4.74 Å². The molecule has 0 radical (unpaired) electrons. The van der Waals surface area contributed by atoms with Crippen molar-refractivity contribution in [3.8, 4) is 17.1 Å². The van der Waals surface area contributed by atoms with E-state index in [9.17, 15) is 8.42 Å². The number of aromatic nitrogens is 3. The Hall–Kier alpha value is -1.60. The number of benzene rings is 1. The summed E-state index contributed by atoms with van der Waals surface area (Å²) in [4.78, 5) is 0. The summed E-state index contributed by atoms with van der Waals surface area (Å²) in [6.45, 7) is 2.40. The topological polar surface area (TPSA) is 74.1 Å². The van der Waals surface area contributed by atoms with Gasteiger partial charge in [0, 0.05) is 16.7 Å². The average Bonchev–Trinajstić information content (AvgIpc) is 3.17. The first-order valence-electron chi connectivity index (χ1n) is 6.64. The molecule has 6 nitrogen and oxygen atoms in total. The highest BCUT2D eigenvalue weighted by molar-refractivity contribution is 8.13. The quantitative estimate of drug-likeness (QED) is 0.789. The molecule has 0 unspecified atom stereocenters. The van der Waals surface area contributed by atoms with Gasteiger partial charge in [-0.25, -0.2) is 8.42 Å². The fraction of sp³-hybridized carbons (Fsp3) is 0.385. The van der Waals surface area contributed by atoms with Crippen LogP contribution in [-0.4, -0.2) is 29.8 Å². The van der Waals surface area contributed by atoms with Gasteiger partial charge in [-0.05, 0) is 31.9 Å². The van der Waals surface area contributed by atoms with Gasteiger partial charge in [0.2, 0.25) is 0 Å². The van der Waals surface area contributed by atoms with Crippen LogP contribution in [0.3, 0.4) is 0 Å². The summed E-state index contributed by atoms with van der Waals surface area (Å²) in [5.74, 6) is 1.12. The molecule has 1 fully saturated rings. The molecule has 0 spiro atoms. The van der Waals surface area contributed by atoms with E-state index in [0.29, 0.717) is 23.7 Å². The van der Waals surface area contributed by atoms with Crippen molar-refractivity contribution in [1.82, 2.24) is 14.8 Å². The largest absolute Gasteiger partial charge is 0.493 e. The number of halogens is 1. The highest BCUT2D eigenvalue weighted by Gasteiger charge is 2.34. The standard InChI is InChI=1S/C13H14ClN3O3S/c1-2-20-11-6-4-3-5-10(11)12-15-16-13(21(14,18)19)17(12)9-7-8-9/h3-6,9H,2,7-8H2,1H3. The van der Waals surface area contributed by atoms with Crippen molar-refractivity contribution in [2.45, 2.75) is 31.0 Å². The van der Waals surface area contributed by atoms with E-state index in [0.717, 1.165) is 12.8 Å². The van der Waals surface area contributed by atoms with Crippen LogP contribution in [-0.2, 0) is 9.05 Å². The minimum Gasteiger partial charge on any atom is -0.493 e. The number of hydrogen-bond donors (Lipinski definition) is 0. The highest BCUT2D eigenvalue weighted by Crippen LogP contribution is 2.41.